The number of ether oxygens (including phenoxy) is 1. The number of hydrogen-bond acceptors (Lipinski definition) is 3. The van der Waals surface area contributed by atoms with E-state index in [1.807, 2.05) is 72.1 Å². The maximum atomic E-state index is 11.6. The van der Waals surface area contributed by atoms with Crippen LogP contribution in [0.2, 0.25) is 0 Å². The van der Waals surface area contributed by atoms with Crippen LogP contribution in [0.4, 0.5) is 0 Å². The summed E-state index contributed by atoms with van der Waals surface area (Å²) in [7, 11) is 0. The van der Waals surface area contributed by atoms with Crippen molar-refractivity contribution in [1.82, 2.24) is 0 Å². The van der Waals surface area contributed by atoms with Crippen molar-refractivity contribution < 1.29 is 14.6 Å². The standard InChI is InChI=1S/C19H16O3S/c20-19(21)17(18-10-5-11-23-18)13-14-6-4-9-16(12-14)22-15-7-2-1-3-8-15/h1-12,17H,13H2,(H,20,21). The van der Waals surface area contributed by atoms with E-state index in [0.717, 1.165) is 16.2 Å². The lowest BCUT2D eigenvalue weighted by Gasteiger charge is -2.12. The van der Waals surface area contributed by atoms with Gasteiger partial charge in [-0.2, -0.15) is 0 Å². The second-order valence-electron chi connectivity index (χ2n) is 5.17. The molecule has 0 fully saturated rings. The summed E-state index contributed by atoms with van der Waals surface area (Å²) in [4.78, 5) is 12.4. The number of carboxylic acids is 1. The highest BCUT2D eigenvalue weighted by molar-refractivity contribution is 7.10. The van der Waals surface area contributed by atoms with E-state index < -0.39 is 11.9 Å². The summed E-state index contributed by atoms with van der Waals surface area (Å²) in [6.07, 6.45) is 0.446. The quantitative estimate of drug-likeness (QED) is 0.698. The lowest BCUT2D eigenvalue weighted by molar-refractivity contribution is -0.138. The maximum absolute atomic E-state index is 11.6. The molecule has 0 aliphatic rings. The molecule has 0 aliphatic heterocycles. The van der Waals surface area contributed by atoms with Crippen molar-refractivity contribution in [2.24, 2.45) is 0 Å². The SMILES string of the molecule is O=C(O)C(Cc1cccc(Oc2ccccc2)c1)c1cccs1. The average Bonchev–Trinajstić information content (AvgIpc) is 3.08. The summed E-state index contributed by atoms with van der Waals surface area (Å²) in [5.74, 6) is 0.144. The molecule has 1 aromatic heterocycles. The van der Waals surface area contributed by atoms with Crippen molar-refractivity contribution >= 4 is 17.3 Å². The van der Waals surface area contributed by atoms with Crippen molar-refractivity contribution in [3.05, 3.63) is 82.6 Å². The predicted molar refractivity (Wildman–Crippen MR) is 91.4 cm³/mol. The van der Waals surface area contributed by atoms with Crippen LogP contribution in [0.5, 0.6) is 11.5 Å². The lowest BCUT2D eigenvalue weighted by Crippen LogP contribution is -2.13. The highest BCUT2D eigenvalue weighted by Crippen LogP contribution is 2.28. The molecular formula is C19H16O3S. The van der Waals surface area contributed by atoms with Gasteiger partial charge in [0.1, 0.15) is 11.5 Å². The Balaban J connectivity index is 1.78. The van der Waals surface area contributed by atoms with E-state index in [9.17, 15) is 9.90 Å². The molecule has 2 aromatic carbocycles. The van der Waals surface area contributed by atoms with Crippen molar-refractivity contribution in [2.75, 3.05) is 0 Å². The average molecular weight is 324 g/mol. The first-order valence-corrected chi connectivity index (χ1v) is 8.18. The minimum Gasteiger partial charge on any atom is -0.481 e. The molecule has 1 heterocycles. The summed E-state index contributed by atoms with van der Waals surface area (Å²) in [5, 5.41) is 11.4. The second kappa shape index (κ2) is 7.11. The van der Waals surface area contributed by atoms with Crippen LogP contribution in [-0.4, -0.2) is 11.1 Å². The van der Waals surface area contributed by atoms with Crippen LogP contribution in [-0.2, 0) is 11.2 Å². The zero-order valence-electron chi connectivity index (χ0n) is 12.4. The monoisotopic (exact) mass is 324 g/mol. The molecule has 1 atom stereocenters. The van der Waals surface area contributed by atoms with Crippen molar-refractivity contribution in [1.29, 1.82) is 0 Å². The van der Waals surface area contributed by atoms with E-state index >= 15 is 0 Å². The summed E-state index contributed by atoms with van der Waals surface area (Å²) in [6, 6.07) is 20.9. The number of para-hydroxylation sites is 1. The molecule has 1 unspecified atom stereocenters. The van der Waals surface area contributed by atoms with E-state index in [1.165, 1.54) is 11.3 Å². The van der Waals surface area contributed by atoms with Gasteiger partial charge in [-0.1, -0.05) is 36.4 Å². The number of carbonyl (C=O) groups is 1. The first-order chi connectivity index (χ1) is 11.2. The van der Waals surface area contributed by atoms with Gasteiger partial charge in [-0.3, -0.25) is 4.79 Å². The number of thiophene rings is 1. The maximum Gasteiger partial charge on any atom is 0.312 e. The highest BCUT2D eigenvalue weighted by atomic mass is 32.1. The Morgan fingerprint density at radius 2 is 1.78 bits per heavy atom. The number of carboxylic acid groups (broad SMARTS) is 1. The molecule has 0 saturated heterocycles. The van der Waals surface area contributed by atoms with Gasteiger partial charge in [-0.25, -0.2) is 0 Å². The van der Waals surface area contributed by atoms with E-state index in [0.29, 0.717) is 12.2 Å². The Kier molecular flexibility index (Phi) is 4.74. The van der Waals surface area contributed by atoms with Crippen LogP contribution in [0.1, 0.15) is 16.4 Å². The molecule has 1 N–H and O–H groups in total. The van der Waals surface area contributed by atoms with Gasteiger partial charge in [0.15, 0.2) is 0 Å². The van der Waals surface area contributed by atoms with Gasteiger partial charge in [-0.15, -0.1) is 11.3 Å². The summed E-state index contributed by atoms with van der Waals surface area (Å²) in [6.45, 7) is 0. The number of benzene rings is 2. The minimum absolute atomic E-state index is 0.446. The molecule has 23 heavy (non-hydrogen) atoms. The highest BCUT2D eigenvalue weighted by Gasteiger charge is 2.21. The lowest BCUT2D eigenvalue weighted by atomic mass is 9.98. The number of aliphatic carboxylic acids is 1. The fourth-order valence-electron chi connectivity index (χ4n) is 2.40. The third kappa shape index (κ3) is 3.99. The fraction of sp³-hybridized carbons (Fsp3) is 0.105. The number of hydrogen-bond donors (Lipinski definition) is 1. The molecule has 3 aromatic rings. The van der Waals surface area contributed by atoms with Crippen molar-refractivity contribution in [2.45, 2.75) is 12.3 Å². The van der Waals surface area contributed by atoms with Crippen LogP contribution in [0, 0.1) is 0 Å². The molecule has 3 nitrogen and oxygen atoms in total. The van der Waals surface area contributed by atoms with Crippen LogP contribution in [0.15, 0.2) is 72.1 Å². The van der Waals surface area contributed by atoms with Crippen LogP contribution in [0.3, 0.4) is 0 Å². The Bertz CT molecular complexity index is 766. The predicted octanol–water partition coefficient (Wildman–Crippen LogP) is 4.95. The smallest absolute Gasteiger partial charge is 0.312 e. The molecule has 0 amide bonds. The molecule has 0 aliphatic carbocycles. The molecule has 3 rings (SSSR count). The Hall–Kier alpha value is -2.59. The largest absolute Gasteiger partial charge is 0.481 e. The van der Waals surface area contributed by atoms with Gasteiger partial charge in [0, 0.05) is 4.88 Å². The van der Waals surface area contributed by atoms with Crippen molar-refractivity contribution in [3.63, 3.8) is 0 Å². The Morgan fingerprint density at radius 3 is 2.48 bits per heavy atom. The molecule has 4 heteroatoms. The number of rotatable bonds is 6. The molecule has 0 spiro atoms. The Labute approximate surface area is 138 Å². The first-order valence-electron chi connectivity index (χ1n) is 7.30. The van der Waals surface area contributed by atoms with E-state index in [-0.39, 0.29) is 0 Å². The van der Waals surface area contributed by atoms with Gasteiger partial charge in [0.25, 0.3) is 0 Å². The minimum atomic E-state index is -0.804. The van der Waals surface area contributed by atoms with Gasteiger partial charge < -0.3 is 9.84 Å². The Morgan fingerprint density at radius 1 is 1.00 bits per heavy atom. The molecule has 0 saturated carbocycles. The molecular weight excluding hydrogens is 308 g/mol. The van der Waals surface area contributed by atoms with Gasteiger partial charge >= 0.3 is 5.97 Å². The molecule has 116 valence electrons. The third-order valence-electron chi connectivity index (χ3n) is 3.50. The van der Waals surface area contributed by atoms with Gasteiger partial charge in [0.2, 0.25) is 0 Å². The van der Waals surface area contributed by atoms with Crippen LogP contribution >= 0.6 is 11.3 Å². The normalized spacial score (nSPS) is 11.8. The summed E-state index contributed by atoms with van der Waals surface area (Å²) >= 11 is 1.47. The third-order valence-corrected chi connectivity index (χ3v) is 4.49. The zero-order chi connectivity index (χ0) is 16.1. The fourth-order valence-corrected chi connectivity index (χ4v) is 3.22. The summed E-state index contributed by atoms with van der Waals surface area (Å²) < 4.78 is 5.81. The molecule has 0 bridgehead atoms. The second-order valence-corrected chi connectivity index (χ2v) is 6.15. The van der Waals surface area contributed by atoms with Gasteiger partial charge in [-0.05, 0) is 47.7 Å². The summed E-state index contributed by atoms with van der Waals surface area (Å²) in [5.41, 5.74) is 0.944. The van der Waals surface area contributed by atoms with Crippen molar-refractivity contribution in [3.8, 4) is 11.5 Å². The van der Waals surface area contributed by atoms with Crippen LogP contribution < -0.4 is 4.74 Å². The van der Waals surface area contributed by atoms with Gasteiger partial charge in [0.05, 0.1) is 5.92 Å². The van der Waals surface area contributed by atoms with E-state index in [2.05, 4.69) is 0 Å². The van der Waals surface area contributed by atoms with Crippen LogP contribution in [0.25, 0.3) is 0 Å². The van der Waals surface area contributed by atoms with E-state index in [4.69, 9.17) is 4.74 Å². The first kappa shape index (κ1) is 15.3. The zero-order valence-corrected chi connectivity index (χ0v) is 13.2. The topological polar surface area (TPSA) is 46.5 Å². The molecule has 0 radical (unpaired) electrons. The van der Waals surface area contributed by atoms with E-state index in [1.54, 1.807) is 0 Å².